The summed E-state index contributed by atoms with van der Waals surface area (Å²) in [5, 5.41) is 0. The Morgan fingerprint density at radius 1 is 1.00 bits per heavy atom. The molecule has 0 aliphatic rings. The molecular formula is C16H17NOS. The summed E-state index contributed by atoms with van der Waals surface area (Å²) in [6, 6.07) is 17.5. The van der Waals surface area contributed by atoms with E-state index in [-0.39, 0.29) is 5.91 Å². The zero-order valence-corrected chi connectivity index (χ0v) is 11.9. The van der Waals surface area contributed by atoms with Gasteiger partial charge >= 0.3 is 0 Å². The molecule has 2 aromatic carbocycles. The van der Waals surface area contributed by atoms with Crippen molar-refractivity contribution in [2.75, 3.05) is 0 Å². The number of carbonyl (C=O) groups is 1. The van der Waals surface area contributed by atoms with Gasteiger partial charge in [-0.3, -0.25) is 9.52 Å². The molecule has 0 fully saturated rings. The largest absolute Gasteiger partial charge is 0.292 e. The van der Waals surface area contributed by atoms with Crippen molar-refractivity contribution in [2.24, 2.45) is 0 Å². The van der Waals surface area contributed by atoms with E-state index in [1.165, 1.54) is 17.5 Å². The summed E-state index contributed by atoms with van der Waals surface area (Å²) in [7, 11) is 0. The van der Waals surface area contributed by atoms with Crippen molar-refractivity contribution in [3.05, 3.63) is 65.7 Å². The van der Waals surface area contributed by atoms with Gasteiger partial charge in [-0.05, 0) is 47.7 Å². The van der Waals surface area contributed by atoms with Crippen LogP contribution in [0.4, 0.5) is 0 Å². The van der Waals surface area contributed by atoms with Crippen LogP contribution in [0.5, 0.6) is 0 Å². The lowest BCUT2D eigenvalue weighted by molar-refractivity contribution is 0.0984. The van der Waals surface area contributed by atoms with E-state index in [9.17, 15) is 4.79 Å². The van der Waals surface area contributed by atoms with Gasteiger partial charge in [0.2, 0.25) is 0 Å². The van der Waals surface area contributed by atoms with Crippen molar-refractivity contribution in [3.8, 4) is 0 Å². The maximum Gasteiger partial charge on any atom is 0.261 e. The maximum atomic E-state index is 12.0. The molecule has 2 rings (SSSR count). The Labute approximate surface area is 118 Å². The van der Waals surface area contributed by atoms with Crippen LogP contribution in [0.1, 0.15) is 35.7 Å². The van der Waals surface area contributed by atoms with Gasteiger partial charge < -0.3 is 0 Å². The first-order valence-corrected chi connectivity index (χ1v) is 7.10. The Morgan fingerprint density at radius 2 is 1.63 bits per heavy atom. The molecule has 0 heterocycles. The highest BCUT2D eigenvalue weighted by molar-refractivity contribution is 7.98. The van der Waals surface area contributed by atoms with Crippen LogP contribution >= 0.6 is 11.9 Å². The van der Waals surface area contributed by atoms with Gasteiger partial charge in [-0.1, -0.05) is 44.2 Å². The number of benzene rings is 2. The van der Waals surface area contributed by atoms with Crippen LogP contribution < -0.4 is 4.72 Å². The van der Waals surface area contributed by atoms with Crippen molar-refractivity contribution in [2.45, 2.75) is 24.7 Å². The predicted octanol–water partition coefficient (Wildman–Crippen LogP) is 4.25. The second-order valence-electron chi connectivity index (χ2n) is 4.62. The molecule has 0 aliphatic heterocycles. The first kappa shape index (κ1) is 13.7. The molecule has 0 radical (unpaired) electrons. The third kappa shape index (κ3) is 3.86. The van der Waals surface area contributed by atoms with Crippen LogP contribution in [0.2, 0.25) is 0 Å². The van der Waals surface area contributed by atoms with Gasteiger partial charge in [0, 0.05) is 10.5 Å². The zero-order valence-electron chi connectivity index (χ0n) is 11.1. The summed E-state index contributed by atoms with van der Waals surface area (Å²) in [6.07, 6.45) is 0. The van der Waals surface area contributed by atoms with Crippen molar-refractivity contribution >= 4 is 17.9 Å². The fourth-order valence-corrected chi connectivity index (χ4v) is 2.29. The van der Waals surface area contributed by atoms with E-state index in [0.717, 1.165) is 4.90 Å². The second kappa shape index (κ2) is 6.43. The Bertz CT molecular complexity index is 534. The molecule has 98 valence electrons. The number of rotatable bonds is 4. The van der Waals surface area contributed by atoms with E-state index in [0.29, 0.717) is 11.5 Å². The van der Waals surface area contributed by atoms with Crippen molar-refractivity contribution in [1.82, 2.24) is 4.72 Å². The minimum atomic E-state index is -0.0656. The van der Waals surface area contributed by atoms with Crippen molar-refractivity contribution < 1.29 is 4.79 Å². The molecule has 19 heavy (non-hydrogen) atoms. The maximum absolute atomic E-state index is 12.0. The molecule has 0 bridgehead atoms. The third-order valence-electron chi connectivity index (χ3n) is 2.84. The quantitative estimate of drug-likeness (QED) is 0.842. The van der Waals surface area contributed by atoms with Crippen LogP contribution in [0.15, 0.2) is 59.5 Å². The average Bonchev–Trinajstić information content (AvgIpc) is 2.46. The van der Waals surface area contributed by atoms with Gasteiger partial charge in [-0.2, -0.15) is 0 Å². The summed E-state index contributed by atoms with van der Waals surface area (Å²) >= 11 is 1.33. The van der Waals surface area contributed by atoms with Crippen LogP contribution in [0.25, 0.3) is 0 Å². The van der Waals surface area contributed by atoms with E-state index >= 15 is 0 Å². The first-order chi connectivity index (χ1) is 9.16. The van der Waals surface area contributed by atoms with Crippen molar-refractivity contribution in [3.63, 3.8) is 0 Å². The highest BCUT2D eigenvalue weighted by atomic mass is 32.2. The summed E-state index contributed by atoms with van der Waals surface area (Å²) < 4.78 is 2.84. The SMILES string of the molecule is CC(C)c1ccc(C(=O)NSc2ccccc2)cc1. The van der Waals surface area contributed by atoms with Crippen LogP contribution in [0.3, 0.4) is 0 Å². The highest BCUT2D eigenvalue weighted by Gasteiger charge is 2.06. The molecule has 1 N–H and O–H groups in total. The molecule has 0 spiro atoms. The van der Waals surface area contributed by atoms with E-state index in [1.54, 1.807) is 0 Å². The minimum absolute atomic E-state index is 0.0656. The molecule has 0 aromatic heterocycles. The highest BCUT2D eigenvalue weighted by Crippen LogP contribution is 2.17. The average molecular weight is 271 g/mol. The standard InChI is InChI=1S/C16H17NOS/c1-12(2)13-8-10-14(11-9-13)16(18)17-19-15-6-4-3-5-7-15/h3-12H,1-2H3,(H,17,18). The summed E-state index contributed by atoms with van der Waals surface area (Å²) in [5.74, 6) is 0.417. The molecule has 0 aliphatic carbocycles. The fourth-order valence-electron chi connectivity index (χ4n) is 1.67. The summed E-state index contributed by atoms with van der Waals surface area (Å²) in [4.78, 5) is 13.0. The van der Waals surface area contributed by atoms with Crippen LogP contribution in [-0.4, -0.2) is 5.91 Å². The van der Waals surface area contributed by atoms with E-state index in [2.05, 4.69) is 18.6 Å². The lowest BCUT2D eigenvalue weighted by Crippen LogP contribution is -2.15. The van der Waals surface area contributed by atoms with Gasteiger partial charge in [0.05, 0.1) is 0 Å². The lowest BCUT2D eigenvalue weighted by Gasteiger charge is -2.07. The number of carbonyl (C=O) groups excluding carboxylic acids is 1. The zero-order chi connectivity index (χ0) is 13.7. The first-order valence-electron chi connectivity index (χ1n) is 6.29. The third-order valence-corrected chi connectivity index (χ3v) is 3.64. The van der Waals surface area contributed by atoms with E-state index in [1.807, 2.05) is 54.6 Å². The number of hydrogen-bond acceptors (Lipinski definition) is 2. The topological polar surface area (TPSA) is 29.1 Å². The molecule has 0 unspecified atom stereocenters. The minimum Gasteiger partial charge on any atom is -0.292 e. The van der Waals surface area contributed by atoms with Crippen LogP contribution in [0, 0.1) is 0 Å². The normalized spacial score (nSPS) is 10.5. The van der Waals surface area contributed by atoms with Gasteiger partial charge in [0.1, 0.15) is 0 Å². The molecular weight excluding hydrogens is 254 g/mol. The molecule has 1 amide bonds. The monoisotopic (exact) mass is 271 g/mol. The number of hydrogen-bond donors (Lipinski definition) is 1. The van der Waals surface area contributed by atoms with Crippen LogP contribution in [-0.2, 0) is 0 Å². The van der Waals surface area contributed by atoms with Gasteiger partial charge in [0.25, 0.3) is 5.91 Å². The molecule has 2 aromatic rings. The second-order valence-corrected chi connectivity index (χ2v) is 5.50. The smallest absolute Gasteiger partial charge is 0.261 e. The Balaban J connectivity index is 1.96. The summed E-state index contributed by atoms with van der Waals surface area (Å²) in [5.41, 5.74) is 1.93. The molecule has 2 nitrogen and oxygen atoms in total. The number of nitrogens with one attached hydrogen (secondary N) is 1. The van der Waals surface area contributed by atoms with Gasteiger partial charge in [-0.25, -0.2) is 0 Å². The molecule has 0 atom stereocenters. The van der Waals surface area contributed by atoms with E-state index < -0.39 is 0 Å². The molecule has 0 saturated heterocycles. The van der Waals surface area contributed by atoms with Crippen molar-refractivity contribution in [1.29, 1.82) is 0 Å². The summed E-state index contributed by atoms with van der Waals surface area (Å²) in [6.45, 7) is 4.28. The predicted molar refractivity (Wildman–Crippen MR) is 80.3 cm³/mol. The molecule has 0 saturated carbocycles. The fraction of sp³-hybridized carbons (Fsp3) is 0.188. The number of amides is 1. The van der Waals surface area contributed by atoms with E-state index in [4.69, 9.17) is 0 Å². The Kier molecular flexibility index (Phi) is 4.63. The van der Waals surface area contributed by atoms with Gasteiger partial charge in [-0.15, -0.1) is 0 Å². The Hall–Kier alpha value is -1.74. The van der Waals surface area contributed by atoms with Gasteiger partial charge in [0.15, 0.2) is 0 Å². The Morgan fingerprint density at radius 3 is 2.21 bits per heavy atom. The lowest BCUT2D eigenvalue weighted by atomic mass is 10.0. The molecule has 3 heteroatoms.